The highest BCUT2D eigenvalue weighted by atomic mass is 16.5. The molecule has 3 nitrogen and oxygen atoms in total. The average Bonchev–Trinajstić information content (AvgIpc) is 2.04. The van der Waals surface area contributed by atoms with Gasteiger partial charge in [-0.15, -0.1) is 0 Å². The van der Waals surface area contributed by atoms with Gasteiger partial charge in [-0.05, 0) is 13.3 Å². The molecule has 0 heterocycles. The lowest BCUT2D eigenvalue weighted by Crippen LogP contribution is -2.35. The number of rotatable bonds is 5. The van der Waals surface area contributed by atoms with Crippen molar-refractivity contribution in [3.63, 3.8) is 0 Å². The van der Waals surface area contributed by atoms with Gasteiger partial charge in [-0.3, -0.25) is 0 Å². The molecule has 0 aliphatic carbocycles. The van der Waals surface area contributed by atoms with Crippen molar-refractivity contribution in [3.8, 4) is 6.07 Å². The van der Waals surface area contributed by atoms with Gasteiger partial charge in [0.25, 0.3) is 0 Å². The molecule has 0 aromatic heterocycles. The second-order valence-electron chi connectivity index (χ2n) is 2.33. The lowest BCUT2D eigenvalue weighted by molar-refractivity contribution is -0.0481. The second kappa shape index (κ2) is 5.11. The highest BCUT2D eigenvalue weighted by molar-refractivity contribution is 5.01. The third-order valence-electron chi connectivity index (χ3n) is 1.57. The summed E-state index contributed by atoms with van der Waals surface area (Å²) in [4.78, 5) is 0. The zero-order chi connectivity index (χ0) is 8.74. The van der Waals surface area contributed by atoms with Crippen LogP contribution < -0.4 is 0 Å². The Labute approximate surface area is 67.9 Å². The summed E-state index contributed by atoms with van der Waals surface area (Å²) >= 11 is 0. The van der Waals surface area contributed by atoms with Crippen molar-refractivity contribution in [2.75, 3.05) is 20.3 Å². The van der Waals surface area contributed by atoms with Gasteiger partial charge in [0.05, 0.1) is 6.61 Å². The highest BCUT2D eigenvalue weighted by Gasteiger charge is 2.27. The molecule has 0 bridgehead atoms. The number of nitrogens with zero attached hydrogens (tertiary/aromatic N) is 1. The first-order valence-corrected chi connectivity index (χ1v) is 3.78. The van der Waals surface area contributed by atoms with Crippen LogP contribution in [0.15, 0.2) is 0 Å². The van der Waals surface area contributed by atoms with E-state index >= 15 is 0 Å². The van der Waals surface area contributed by atoms with Crippen LogP contribution >= 0.6 is 0 Å². The molecule has 0 N–H and O–H groups in total. The lowest BCUT2D eigenvalue weighted by Gasteiger charge is -2.23. The normalized spacial score (nSPS) is 15.5. The molecule has 0 fully saturated rings. The third-order valence-corrected chi connectivity index (χ3v) is 1.57. The minimum absolute atomic E-state index is 0.341. The molecule has 11 heavy (non-hydrogen) atoms. The van der Waals surface area contributed by atoms with Crippen molar-refractivity contribution in [1.29, 1.82) is 5.26 Å². The largest absolute Gasteiger partial charge is 0.381 e. The van der Waals surface area contributed by atoms with Crippen LogP contribution in [-0.4, -0.2) is 25.9 Å². The van der Waals surface area contributed by atoms with Crippen LogP contribution in [0.1, 0.15) is 20.3 Å². The first-order chi connectivity index (χ1) is 5.24. The fourth-order valence-corrected chi connectivity index (χ4v) is 0.899. The standard InChI is InChI=1S/C8H15NO2/c1-4-8(6-9,7-10-3)11-5-2/h4-5,7H2,1-3H3. The van der Waals surface area contributed by atoms with E-state index in [-0.39, 0.29) is 0 Å². The minimum atomic E-state index is -0.733. The van der Waals surface area contributed by atoms with Gasteiger partial charge in [0.2, 0.25) is 0 Å². The summed E-state index contributed by atoms with van der Waals surface area (Å²) in [6.07, 6.45) is 0.658. The van der Waals surface area contributed by atoms with Gasteiger partial charge < -0.3 is 9.47 Å². The number of ether oxygens (including phenoxy) is 2. The fraction of sp³-hybridized carbons (Fsp3) is 0.875. The van der Waals surface area contributed by atoms with E-state index in [4.69, 9.17) is 14.7 Å². The molecule has 3 heteroatoms. The molecule has 0 aromatic rings. The zero-order valence-electron chi connectivity index (χ0n) is 7.39. The molecule has 0 amide bonds. The Balaban J connectivity index is 4.11. The van der Waals surface area contributed by atoms with E-state index in [1.54, 1.807) is 7.11 Å². The van der Waals surface area contributed by atoms with E-state index in [9.17, 15) is 0 Å². The summed E-state index contributed by atoms with van der Waals surface area (Å²) in [6.45, 7) is 4.67. The predicted octanol–water partition coefficient (Wildman–Crippen LogP) is 1.34. The third kappa shape index (κ3) is 2.87. The van der Waals surface area contributed by atoms with E-state index in [2.05, 4.69) is 6.07 Å². The molecule has 1 unspecified atom stereocenters. The smallest absolute Gasteiger partial charge is 0.176 e. The van der Waals surface area contributed by atoms with Gasteiger partial charge in [-0.2, -0.15) is 5.26 Å². The van der Waals surface area contributed by atoms with Crippen LogP contribution in [0.3, 0.4) is 0 Å². The van der Waals surface area contributed by atoms with Gasteiger partial charge >= 0.3 is 0 Å². The Morgan fingerprint density at radius 2 is 2.09 bits per heavy atom. The molecule has 64 valence electrons. The van der Waals surface area contributed by atoms with Gasteiger partial charge in [-0.25, -0.2) is 0 Å². The van der Waals surface area contributed by atoms with Crippen LogP contribution in [0.25, 0.3) is 0 Å². The molecular formula is C8H15NO2. The first-order valence-electron chi connectivity index (χ1n) is 3.78. The molecular weight excluding hydrogens is 142 g/mol. The summed E-state index contributed by atoms with van der Waals surface area (Å²) in [7, 11) is 1.57. The Morgan fingerprint density at radius 3 is 2.36 bits per heavy atom. The number of methoxy groups -OCH3 is 1. The average molecular weight is 157 g/mol. The van der Waals surface area contributed by atoms with Gasteiger partial charge in [-0.1, -0.05) is 6.92 Å². The quantitative estimate of drug-likeness (QED) is 0.604. The molecule has 1 atom stereocenters. The van der Waals surface area contributed by atoms with E-state index < -0.39 is 5.60 Å². The number of nitriles is 1. The monoisotopic (exact) mass is 157 g/mol. The van der Waals surface area contributed by atoms with Crippen molar-refractivity contribution < 1.29 is 9.47 Å². The van der Waals surface area contributed by atoms with Crippen molar-refractivity contribution >= 4 is 0 Å². The Bertz CT molecular complexity index is 134. The molecule has 0 saturated carbocycles. The van der Waals surface area contributed by atoms with E-state index in [0.717, 1.165) is 0 Å². The molecule has 0 radical (unpaired) electrons. The van der Waals surface area contributed by atoms with Crippen LogP contribution in [0, 0.1) is 11.3 Å². The topological polar surface area (TPSA) is 42.2 Å². The molecule has 0 spiro atoms. The van der Waals surface area contributed by atoms with Crippen LogP contribution in [0.4, 0.5) is 0 Å². The summed E-state index contributed by atoms with van der Waals surface area (Å²) < 4.78 is 10.2. The summed E-state index contributed by atoms with van der Waals surface area (Å²) in [5.74, 6) is 0. The number of hydrogen-bond acceptors (Lipinski definition) is 3. The number of hydrogen-bond donors (Lipinski definition) is 0. The summed E-state index contributed by atoms with van der Waals surface area (Å²) in [5, 5.41) is 8.78. The van der Waals surface area contributed by atoms with Crippen molar-refractivity contribution in [1.82, 2.24) is 0 Å². The fourth-order valence-electron chi connectivity index (χ4n) is 0.899. The predicted molar refractivity (Wildman–Crippen MR) is 42.1 cm³/mol. The van der Waals surface area contributed by atoms with E-state index in [1.807, 2.05) is 13.8 Å². The Kier molecular flexibility index (Phi) is 4.84. The Hall–Kier alpha value is -0.590. The Morgan fingerprint density at radius 1 is 1.45 bits per heavy atom. The second-order valence-corrected chi connectivity index (χ2v) is 2.33. The van der Waals surface area contributed by atoms with Crippen LogP contribution in [0.2, 0.25) is 0 Å². The van der Waals surface area contributed by atoms with E-state index in [0.29, 0.717) is 19.6 Å². The van der Waals surface area contributed by atoms with E-state index in [1.165, 1.54) is 0 Å². The van der Waals surface area contributed by atoms with Gasteiger partial charge in [0.15, 0.2) is 5.60 Å². The maximum atomic E-state index is 8.78. The van der Waals surface area contributed by atoms with Crippen molar-refractivity contribution in [3.05, 3.63) is 0 Å². The van der Waals surface area contributed by atoms with Crippen LogP contribution in [0.5, 0.6) is 0 Å². The molecule has 0 aliphatic heterocycles. The summed E-state index contributed by atoms with van der Waals surface area (Å²) in [5.41, 5.74) is -0.733. The molecule has 0 aromatic carbocycles. The zero-order valence-corrected chi connectivity index (χ0v) is 7.39. The van der Waals surface area contributed by atoms with Gasteiger partial charge in [0.1, 0.15) is 6.07 Å². The minimum Gasteiger partial charge on any atom is -0.381 e. The molecule has 0 saturated heterocycles. The first kappa shape index (κ1) is 10.4. The molecule has 0 rings (SSSR count). The lowest BCUT2D eigenvalue weighted by atomic mass is 10.0. The van der Waals surface area contributed by atoms with Gasteiger partial charge in [0, 0.05) is 13.7 Å². The van der Waals surface area contributed by atoms with Crippen molar-refractivity contribution in [2.24, 2.45) is 0 Å². The summed E-state index contributed by atoms with van der Waals surface area (Å²) in [6, 6.07) is 2.12. The maximum absolute atomic E-state index is 8.78. The van der Waals surface area contributed by atoms with Crippen LogP contribution in [-0.2, 0) is 9.47 Å². The maximum Gasteiger partial charge on any atom is 0.176 e. The SMILES string of the molecule is CCOC(C#N)(CC)COC. The van der Waals surface area contributed by atoms with Crippen molar-refractivity contribution in [2.45, 2.75) is 25.9 Å². The highest BCUT2D eigenvalue weighted by Crippen LogP contribution is 2.14. The molecule has 0 aliphatic rings.